The highest BCUT2D eigenvalue weighted by molar-refractivity contribution is 5.92. The number of nitrogens with zero attached hydrogens (tertiary/aromatic N) is 7. The average Bonchev–Trinajstić information content (AvgIpc) is 3.19. The van der Waals surface area contributed by atoms with Gasteiger partial charge in [0.05, 0.1) is 24.1 Å². The van der Waals surface area contributed by atoms with Crippen LogP contribution in [0.3, 0.4) is 0 Å². The number of carbonyl (C=O) groups excluding carboxylic acids is 1. The minimum atomic E-state index is -0.283. The number of halogens is 1. The maximum Gasteiger partial charge on any atom is 0.276 e. The van der Waals surface area contributed by atoms with E-state index >= 15 is 0 Å². The van der Waals surface area contributed by atoms with Crippen molar-refractivity contribution in [2.24, 2.45) is 0 Å². The molecule has 0 bridgehead atoms. The first-order valence-electron chi connectivity index (χ1n) is 9.48. The van der Waals surface area contributed by atoms with Crippen molar-refractivity contribution < 1.29 is 9.18 Å². The Kier molecular flexibility index (Phi) is 5.20. The summed E-state index contributed by atoms with van der Waals surface area (Å²) in [4.78, 5) is 25.7. The van der Waals surface area contributed by atoms with E-state index in [1.54, 1.807) is 34.1 Å². The summed E-state index contributed by atoms with van der Waals surface area (Å²) in [6.07, 6.45) is 3.39. The van der Waals surface area contributed by atoms with Crippen molar-refractivity contribution in [2.45, 2.75) is 20.4 Å². The number of carbonyl (C=O) groups is 1. The van der Waals surface area contributed by atoms with E-state index in [1.807, 2.05) is 13.8 Å². The number of hydrogen-bond acceptors (Lipinski definition) is 6. The van der Waals surface area contributed by atoms with E-state index < -0.39 is 0 Å². The van der Waals surface area contributed by atoms with Gasteiger partial charge in [-0.2, -0.15) is 0 Å². The van der Waals surface area contributed by atoms with Crippen molar-refractivity contribution in [3.05, 3.63) is 65.1 Å². The van der Waals surface area contributed by atoms with Crippen LogP contribution in [0.2, 0.25) is 0 Å². The molecule has 1 saturated heterocycles. The second-order valence-electron chi connectivity index (χ2n) is 7.13. The molecule has 1 aromatic carbocycles. The third-order valence-electron chi connectivity index (χ3n) is 4.93. The summed E-state index contributed by atoms with van der Waals surface area (Å²) in [7, 11) is 0. The quantitative estimate of drug-likeness (QED) is 0.671. The molecule has 0 unspecified atom stereocenters. The number of hydrogen-bond donors (Lipinski definition) is 0. The molecule has 3 aromatic rings. The van der Waals surface area contributed by atoms with Gasteiger partial charge in [0.25, 0.3) is 5.91 Å². The van der Waals surface area contributed by atoms with E-state index in [-0.39, 0.29) is 11.7 Å². The number of amides is 1. The van der Waals surface area contributed by atoms with Crippen LogP contribution in [0.15, 0.2) is 36.7 Å². The van der Waals surface area contributed by atoms with Crippen molar-refractivity contribution in [3.63, 3.8) is 0 Å². The van der Waals surface area contributed by atoms with Crippen LogP contribution >= 0.6 is 0 Å². The highest BCUT2D eigenvalue weighted by Crippen LogP contribution is 2.18. The lowest BCUT2D eigenvalue weighted by atomic mass is 10.2. The topological polar surface area (TPSA) is 80.0 Å². The van der Waals surface area contributed by atoms with Crippen LogP contribution in [0.4, 0.5) is 10.2 Å². The van der Waals surface area contributed by atoms with Crippen LogP contribution < -0.4 is 4.90 Å². The number of benzene rings is 1. The van der Waals surface area contributed by atoms with Crippen LogP contribution in [0, 0.1) is 19.7 Å². The van der Waals surface area contributed by atoms with Gasteiger partial charge < -0.3 is 9.80 Å². The highest BCUT2D eigenvalue weighted by atomic mass is 19.1. The van der Waals surface area contributed by atoms with Gasteiger partial charge in [-0.05, 0) is 31.5 Å². The van der Waals surface area contributed by atoms with Crippen LogP contribution in [-0.4, -0.2) is 61.9 Å². The molecule has 0 radical (unpaired) electrons. The second kappa shape index (κ2) is 7.94. The van der Waals surface area contributed by atoms with Gasteiger partial charge in [0.1, 0.15) is 11.6 Å². The Labute approximate surface area is 168 Å². The van der Waals surface area contributed by atoms with E-state index in [2.05, 4.69) is 25.2 Å². The molecule has 1 fully saturated rings. The Morgan fingerprint density at radius 2 is 1.83 bits per heavy atom. The standard InChI is InChI=1S/C20H22FN7O/c1-14-11-22-15(2)19(23-14)26-7-9-27(10-8-26)20(29)18-13-28(25-24-18)12-16-3-5-17(21)6-4-16/h3-6,11,13H,7-10,12H2,1-2H3. The van der Waals surface area contributed by atoms with Gasteiger partial charge in [0, 0.05) is 32.4 Å². The highest BCUT2D eigenvalue weighted by Gasteiger charge is 2.25. The zero-order valence-electron chi connectivity index (χ0n) is 16.4. The van der Waals surface area contributed by atoms with Crippen molar-refractivity contribution in [1.82, 2.24) is 29.9 Å². The zero-order chi connectivity index (χ0) is 20.4. The summed E-state index contributed by atoms with van der Waals surface area (Å²) in [5.74, 6) is 0.457. The van der Waals surface area contributed by atoms with Crippen LogP contribution in [0.5, 0.6) is 0 Å². The summed E-state index contributed by atoms with van der Waals surface area (Å²) in [6.45, 7) is 6.84. The van der Waals surface area contributed by atoms with E-state index in [0.717, 1.165) is 22.8 Å². The molecule has 0 N–H and O–H groups in total. The van der Waals surface area contributed by atoms with Crippen molar-refractivity contribution in [2.75, 3.05) is 31.1 Å². The second-order valence-corrected chi connectivity index (χ2v) is 7.13. The van der Waals surface area contributed by atoms with Gasteiger partial charge in [0.15, 0.2) is 5.69 Å². The molecule has 29 heavy (non-hydrogen) atoms. The van der Waals surface area contributed by atoms with E-state index in [4.69, 9.17) is 0 Å². The molecule has 9 heteroatoms. The maximum atomic E-state index is 13.0. The smallest absolute Gasteiger partial charge is 0.276 e. The number of aromatic nitrogens is 5. The molecular weight excluding hydrogens is 373 g/mol. The van der Waals surface area contributed by atoms with Crippen molar-refractivity contribution in [1.29, 1.82) is 0 Å². The minimum Gasteiger partial charge on any atom is -0.352 e. The minimum absolute atomic E-state index is 0.137. The molecule has 1 aliphatic rings. The fourth-order valence-corrected chi connectivity index (χ4v) is 3.36. The Morgan fingerprint density at radius 1 is 1.10 bits per heavy atom. The Hall–Kier alpha value is -3.36. The molecule has 4 rings (SSSR count). The molecule has 0 aliphatic carbocycles. The normalized spacial score (nSPS) is 14.3. The molecule has 1 amide bonds. The maximum absolute atomic E-state index is 13.0. The first kappa shape index (κ1) is 19.0. The van der Waals surface area contributed by atoms with Crippen LogP contribution in [0.1, 0.15) is 27.4 Å². The third-order valence-corrected chi connectivity index (χ3v) is 4.93. The lowest BCUT2D eigenvalue weighted by Gasteiger charge is -2.35. The van der Waals surface area contributed by atoms with Gasteiger partial charge >= 0.3 is 0 Å². The van der Waals surface area contributed by atoms with Gasteiger partial charge in [0.2, 0.25) is 0 Å². The number of rotatable bonds is 4. The number of aryl methyl sites for hydroxylation is 2. The summed E-state index contributed by atoms with van der Waals surface area (Å²) in [5.41, 5.74) is 2.96. The molecule has 2 aromatic heterocycles. The van der Waals surface area contributed by atoms with Crippen molar-refractivity contribution >= 4 is 11.7 Å². The van der Waals surface area contributed by atoms with Crippen LogP contribution in [0.25, 0.3) is 0 Å². The predicted octanol–water partition coefficient (Wildman–Crippen LogP) is 1.83. The fraction of sp³-hybridized carbons (Fsp3) is 0.350. The monoisotopic (exact) mass is 395 g/mol. The fourth-order valence-electron chi connectivity index (χ4n) is 3.36. The first-order valence-corrected chi connectivity index (χ1v) is 9.48. The molecule has 8 nitrogen and oxygen atoms in total. The van der Waals surface area contributed by atoms with E-state index in [9.17, 15) is 9.18 Å². The molecule has 0 saturated carbocycles. The molecule has 150 valence electrons. The summed E-state index contributed by atoms with van der Waals surface area (Å²) in [5, 5.41) is 8.05. The molecule has 0 spiro atoms. The first-order chi connectivity index (χ1) is 14.0. The molecule has 1 aliphatic heterocycles. The summed E-state index contributed by atoms with van der Waals surface area (Å²) >= 11 is 0. The van der Waals surface area contributed by atoms with E-state index in [0.29, 0.717) is 38.4 Å². The zero-order valence-corrected chi connectivity index (χ0v) is 16.4. The predicted molar refractivity (Wildman–Crippen MR) is 105 cm³/mol. The molecule has 3 heterocycles. The SMILES string of the molecule is Cc1cnc(C)c(N2CCN(C(=O)c3cn(Cc4ccc(F)cc4)nn3)CC2)n1. The van der Waals surface area contributed by atoms with E-state index in [1.165, 1.54) is 12.1 Å². The summed E-state index contributed by atoms with van der Waals surface area (Å²) < 4.78 is 14.6. The number of piperazine rings is 1. The lowest BCUT2D eigenvalue weighted by molar-refractivity contribution is 0.0740. The van der Waals surface area contributed by atoms with Gasteiger partial charge in [-0.25, -0.2) is 14.1 Å². The Morgan fingerprint density at radius 3 is 2.55 bits per heavy atom. The average molecular weight is 395 g/mol. The van der Waals surface area contributed by atoms with Crippen molar-refractivity contribution in [3.8, 4) is 0 Å². The Balaban J connectivity index is 1.38. The van der Waals surface area contributed by atoms with Gasteiger partial charge in [-0.3, -0.25) is 9.78 Å². The van der Waals surface area contributed by atoms with Gasteiger partial charge in [-0.15, -0.1) is 5.10 Å². The van der Waals surface area contributed by atoms with Gasteiger partial charge in [-0.1, -0.05) is 17.3 Å². The third kappa shape index (κ3) is 4.23. The molecule has 0 atom stereocenters. The molecular formula is C20H22FN7O. The van der Waals surface area contributed by atoms with Crippen LogP contribution in [-0.2, 0) is 6.54 Å². The number of anilines is 1. The lowest BCUT2D eigenvalue weighted by Crippen LogP contribution is -2.49. The summed E-state index contributed by atoms with van der Waals surface area (Å²) in [6, 6.07) is 6.18. The largest absolute Gasteiger partial charge is 0.352 e. The Bertz CT molecular complexity index is 1010.